The first kappa shape index (κ1) is 14.9. The van der Waals surface area contributed by atoms with E-state index in [4.69, 9.17) is 15.4 Å². The normalized spacial score (nSPS) is 11.5. The maximum Gasteiger partial charge on any atom is 0.335 e. The van der Waals surface area contributed by atoms with E-state index in [0.717, 1.165) is 18.2 Å². The molecule has 2 aromatic rings. The molecule has 0 unspecified atom stereocenters. The lowest BCUT2D eigenvalue weighted by Crippen LogP contribution is -2.24. The molecule has 0 radical (unpaired) electrons. The predicted molar refractivity (Wildman–Crippen MR) is 70.9 cm³/mol. The minimum Gasteiger partial charge on any atom is -0.478 e. The van der Waals surface area contributed by atoms with Crippen LogP contribution in [0.15, 0.2) is 27.6 Å². The van der Waals surface area contributed by atoms with Crippen molar-refractivity contribution in [2.24, 2.45) is 0 Å². The first-order chi connectivity index (χ1) is 9.79. The highest BCUT2D eigenvalue weighted by Crippen LogP contribution is 2.20. The SMILES string of the molecule is Cc1noc(CNS(=O)(=O)c2ccc(C(=O)O)cc2N)n1. The average Bonchev–Trinajstić information content (AvgIpc) is 2.82. The van der Waals surface area contributed by atoms with Crippen LogP contribution in [-0.2, 0) is 16.6 Å². The summed E-state index contributed by atoms with van der Waals surface area (Å²) in [5.74, 6) is -0.703. The fourth-order valence-corrected chi connectivity index (χ4v) is 2.66. The van der Waals surface area contributed by atoms with Gasteiger partial charge in [-0.3, -0.25) is 0 Å². The van der Waals surface area contributed by atoms with E-state index in [2.05, 4.69) is 14.9 Å². The van der Waals surface area contributed by atoms with Gasteiger partial charge in [-0.1, -0.05) is 5.16 Å². The summed E-state index contributed by atoms with van der Waals surface area (Å²) in [6.45, 7) is 1.41. The van der Waals surface area contributed by atoms with E-state index in [0.29, 0.717) is 5.82 Å². The molecule has 0 saturated carbocycles. The van der Waals surface area contributed by atoms with E-state index in [1.165, 1.54) is 0 Å². The van der Waals surface area contributed by atoms with Crippen LogP contribution in [0.4, 0.5) is 5.69 Å². The third-order valence-corrected chi connectivity index (χ3v) is 4.00. The number of nitrogen functional groups attached to an aromatic ring is 1. The summed E-state index contributed by atoms with van der Waals surface area (Å²) in [5, 5.41) is 12.3. The number of aromatic nitrogens is 2. The minimum absolute atomic E-state index is 0.0982. The Balaban J connectivity index is 2.21. The third-order valence-electron chi connectivity index (χ3n) is 2.53. The van der Waals surface area contributed by atoms with Crippen molar-refractivity contribution in [3.8, 4) is 0 Å². The number of nitrogens with two attached hydrogens (primary N) is 1. The largest absolute Gasteiger partial charge is 0.478 e. The third kappa shape index (κ3) is 3.35. The summed E-state index contributed by atoms with van der Waals surface area (Å²) in [5.41, 5.74) is 5.32. The second kappa shape index (κ2) is 5.50. The number of carboxylic acid groups (broad SMARTS) is 1. The summed E-state index contributed by atoms with van der Waals surface area (Å²) in [4.78, 5) is 14.4. The first-order valence-electron chi connectivity index (χ1n) is 5.71. The maximum absolute atomic E-state index is 12.1. The number of aryl methyl sites for hydroxylation is 1. The van der Waals surface area contributed by atoms with Gasteiger partial charge >= 0.3 is 5.97 Å². The Kier molecular flexibility index (Phi) is 3.91. The van der Waals surface area contributed by atoms with Crippen LogP contribution in [0.25, 0.3) is 0 Å². The van der Waals surface area contributed by atoms with Crippen LogP contribution in [0.5, 0.6) is 0 Å². The molecular weight excluding hydrogens is 300 g/mol. The Hall–Kier alpha value is -2.46. The van der Waals surface area contributed by atoms with Crippen molar-refractivity contribution >= 4 is 21.7 Å². The van der Waals surface area contributed by atoms with E-state index < -0.39 is 16.0 Å². The Morgan fingerprint density at radius 2 is 2.19 bits per heavy atom. The lowest BCUT2D eigenvalue weighted by molar-refractivity contribution is 0.0697. The zero-order valence-corrected chi connectivity index (χ0v) is 11.7. The zero-order chi connectivity index (χ0) is 15.6. The van der Waals surface area contributed by atoms with Crippen molar-refractivity contribution in [2.45, 2.75) is 18.4 Å². The predicted octanol–water partition coefficient (Wildman–Crippen LogP) is 0.137. The number of benzene rings is 1. The van der Waals surface area contributed by atoms with Crippen molar-refractivity contribution in [1.29, 1.82) is 0 Å². The van der Waals surface area contributed by atoms with Gasteiger partial charge in [0.25, 0.3) is 0 Å². The van der Waals surface area contributed by atoms with E-state index in [-0.39, 0.29) is 28.6 Å². The summed E-state index contributed by atoms with van der Waals surface area (Å²) < 4.78 is 31.2. The molecule has 0 fully saturated rings. The molecule has 10 heteroatoms. The number of rotatable bonds is 5. The molecule has 0 spiro atoms. The van der Waals surface area contributed by atoms with Gasteiger partial charge in [-0.15, -0.1) is 0 Å². The number of hydrogen-bond donors (Lipinski definition) is 3. The van der Waals surface area contributed by atoms with E-state index >= 15 is 0 Å². The number of nitrogens with zero attached hydrogens (tertiary/aromatic N) is 2. The van der Waals surface area contributed by atoms with Crippen LogP contribution in [0.3, 0.4) is 0 Å². The molecule has 2 rings (SSSR count). The summed E-state index contributed by atoms with van der Waals surface area (Å²) in [6.07, 6.45) is 0. The molecule has 4 N–H and O–H groups in total. The molecule has 21 heavy (non-hydrogen) atoms. The molecule has 0 aliphatic heterocycles. The molecule has 9 nitrogen and oxygen atoms in total. The number of hydrogen-bond acceptors (Lipinski definition) is 7. The molecule has 1 heterocycles. The fraction of sp³-hybridized carbons (Fsp3) is 0.182. The second-order valence-electron chi connectivity index (χ2n) is 4.12. The van der Waals surface area contributed by atoms with Crippen LogP contribution < -0.4 is 10.5 Å². The Morgan fingerprint density at radius 1 is 1.48 bits per heavy atom. The van der Waals surface area contributed by atoms with Crippen molar-refractivity contribution in [2.75, 3.05) is 5.73 Å². The summed E-state index contributed by atoms with van der Waals surface area (Å²) in [7, 11) is -3.92. The number of sulfonamides is 1. The lowest BCUT2D eigenvalue weighted by atomic mass is 10.2. The average molecular weight is 312 g/mol. The van der Waals surface area contributed by atoms with Crippen LogP contribution in [0.2, 0.25) is 0 Å². The molecule has 0 bridgehead atoms. The Labute approximate surface area is 119 Å². The molecule has 0 saturated heterocycles. The highest BCUT2D eigenvalue weighted by molar-refractivity contribution is 7.89. The smallest absolute Gasteiger partial charge is 0.335 e. The highest BCUT2D eigenvalue weighted by atomic mass is 32.2. The zero-order valence-electron chi connectivity index (χ0n) is 10.9. The maximum atomic E-state index is 12.1. The Morgan fingerprint density at radius 3 is 2.71 bits per heavy atom. The number of carbonyl (C=O) groups is 1. The standard InChI is InChI=1S/C11H12N4O5S/c1-6-14-10(20-15-6)5-13-21(18,19)9-3-2-7(11(16)17)4-8(9)12/h2-4,13H,5,12H2,1H3,(H,16,17). The number of nitrogens with one attached hydrogen (secondary N) is 1. The van der Waals surface area contributed by atoms with Crippen LogP contribution in [0, 0.1) is 6.92 Å². The van der Waals surface area contributed by atoms with Gasteiger partial charge in [0, 0.05) is 0 Å². The number of anilines is 1. The van der Waals surface area contributed by atoms with Crippen molar-refractivity contribution in [1.82, 2.24) is 14.9 Å². The van der Waals surface area contributed by atoms with Crippen LogP contribution in [0.1, 0.15) is 22.1 Å². The van der Waals surface area contributed by atoms with Crippen LogP contribution in [-0.4, -0.2) is 29.6 Å². The topological polar surface area (TPSA) is 148 Å². The van der Waals surface area contributed by atoms with Crippen molar-refractivity contribution < 1.29 is 22.8 Å². The molecular formula is C11H12N4O5S. The van der Waals surface area contributed by atoms with Gasteiger partial charge in [-0.25, -0.2) is 17.9 Å². The first-order valence-corrected chi connectivity index (χ1v) is 7.19. The number of aromatic carboxylic acids is 1. The quantitative estimate of drug-likeness (QED) is 0.660. The molecule has 1 aromatic carbocycles. The Bertz CT molecular complexity index is 784. The van der Waals surface area contributed by atoms with Gasteiger partial charge in [-0.2, -0.15) is 4.98 Å². The van der Waals surface area contributed by atoms with Gasteiger partial charge in [0.15, 0.2) is 5.82 Å². The monoisotopic (exact) mass is 312 g/mol. The fourth-order valence-electron chi connectivity index (χ4n) is 1.57. The van der Waals surface area contributed by atoms with Gasteiger partial charge in [0.2, 0.25) is 15.9 Å². The number of carboxylic acids is 1. The van der Waals surface area contributed by atoms with Gasteiger partial charge in [-0.05, 0) is 25.1 Å². The molecule has 0 aliphatic carbocycles. The van der Waals surface area contributed by atoms with Crippen molar-refractivity contribution in [3.63, 3.8) is 0 Å². The highest BCUT2D eigenvalue weighted by Gasteiger charge is 2.19. The molecule has 112 valence electrons. The molecule has 0 aliphatic rings. The van der Waals surface area contributed by atoms with Crippen molar-refractivity contribution in [3.05, 3.63) is 35.5 Å². The minimum atomic E-state index is -3.92. The summed E-state index contributed by atoms with van der Waals surface area (Å²) >= 11 is 0. The molecule has 0 amide bonds. The summed E-state index contributed by atoms with van der Waals surface area (Å²) in [6, 6.07) is 3.36. The van der Waals surface area contributed by atoms with Gasteiger partial charge in [0.1, 0.15) is 4.90 Å². The molecule has 1 aromatic heterocycles. The van der Waals surface area contributed by atoms with Gasteiger partial charge < -0.3 is 15.4 Å². The molecule has 0 atom stereocenters. The van der Waals surface area contributed by atoms with E-state index in [1.54, 1.807) is 6.92 Å². The van der Waals surface area contributed by atoms with E-state index in [9.17, 15) is 13.2 Å². The lowest BCUT2D eigenvalue weighted by Gasteiger charge is -2.08. The second-order valence-corrected chi connectivity index (χ2v) is 5.85. The van der Waals surface area contributed by atoms with Crippen LogP contribution >= 0.6 is 0 Å². The van der Waals surface area contributed by atoms with Gasteiger partial charge in [0.05, 0.1) is 17.8 Å². The van der Waals surface area contributed by atoms with E-state index in [1.807, 2.05) is 0 Å².